The van der Waals surface area contributed by atoms with E-state index in [1.165, 1.54) is 0 Å². The van der Waals surface area contributed by atoms with Crippen molar-refractivity contribution >= 4 is 13.1 Å². The molecule has 4 nitrogen and oxygen atoms in total. The molecule has 1 N–H and O–H groups in total. The van der Waals surface area contributed by atoms with E-state index in [9.17, 15) is 9.82 Å². The van der Waals surface area contributed by atoms with Gasteiger partial charge >= 0.3 is 13.1 Å². The summed E-state index contributed by atoms with van der Waals surface area (Å²) in [7, 11) is -1.33. The Balaban J connectivity index is 2.44. The fourth-order valence-electron chi connectivity index (χ4n) is 2.25. The number of hydrogen-bond donors (Lipinski definition) is 1. The van der Waals surface area contributed by atoms with Crippen LogP contribution in [0.3, 0.4) is 0 Å². The molecular formula is C18H21BO4. The van der Waals surface area contributed by atoms with E-state index in [1.54, 1.807) is 34.6 Å². The number of esters is 1. The number of ether oxygens (including phenoxy) is 1. The van der Waals surface area contributed by atoms with Gasteiger partial charge in [0.2, 0.25) is 0 Å². The first kappa shape index (κ1) is 17.3. The van der Waals surface area contributed by atoms with Crippen molar-refractivity contribution in [2.24, 2.45) is 0 Å². The molecule has 0 atom stereocenters. The molecule has 1 aromatic rings. The Labute approximate surface area is 137 Å². The number of carbonyl (C=O) groups is 1. The van der Waals surface area contributed by atoms with Crippen LogP contribution < -0.4 is 0 Å². The summed E-state index contributed by atoms with van der Waals surface area (Å²) in [5.41, 5.74) is -0.167. The lowest BCUT2D eigenvalue weighted by Crippen LogP contribution is -2.31. The zero-order chi connectivity index (χ0) is 17.3. The minimum Gasteiger partial charge on any atom is -0.457 e. The fourth-order valence-corrected chi connectivity index (χ4v) is 2.25. The molecule has 0 amide bonds. The highest BCUT2D eigenvalue weighted by molar-refractivity contribution is 6.61. The van der Waals surface area contributed by atoms with Crippen LogP contribution in [0.5, 0.6) is 0 Å². The van der Waals surface area contributed by atoms with Crippen LogP contribution in [0.2, 0.25) is 0 Å². The van der Waals surface area contributed by atoms with Gasteiger partial charge in [0.15, 0.2) is 0 Å². The molecule has 120 valence electrons. The monoisotopic (exact) mass is 312 g/mol. The summed E-state index contributed by atoms with van der Waals surface area (Å²) in [5.74, 6) is 5.38. The third kappa shape index (κ3) is 4.25. The summed E-state index contributed by atoms with van der Waals surface area (Å²) in [6, 6.07) is 9.43. The van der Waals surface area contributed by atoms with Crippen molar-refractivity contribution in [2.45, 2.75) is 45.8 Å². The van der Waals surface area contributed by atoms with Gasteiger partial charge < -0.3 is 14.4 Å². The number of rotatable bonds is 1. The Bertz CT molecular complexity index is 687. The van der Waals surface area contributed by atoms with Gasteiger partial charge in [-0.25, -0.2) is 4.79 Å². The molecule has 0 aliphatic carbocycles. The van der Waals surface area contributed by atoms with Gasteiger partial charge in [-0.15, -0.1) is 0 Å². The Morgan fingerprint density at radius 1 is 1.22 bits per heavy atom. The third-order valence-electron chi connectivity index (χ3n) is 3.25. The maximum absolute atomic E-state index is 12.4. The first-order valence-corrected chi connectivity index (χ1v) is 7.51. The predicted molar refractivity (Wildman–Crippen MR) is 89.3 cm³/mol. The molecule has 23 heavy (non-hydrogen) atoms. The summed E-state index contributed by atoms with van der Waals surface area (Å²) in [4.78, 5) is 12.4. The number of benzene rings is 1. The van der Waals surface area contributed by atoms with Crippen LogP contribution >= 0.6 is 0 Å². The molecule has 0 spiro atoms. The third-order valence-corrected chi connectivity index (χ3v) is 3.25. The molecule has 1 aromatic carbocycles. The maximum Gasteiger partial charge on any atom is 0.500 e. The minimum absolute atomic E-state index is 0.0772. The number of hydrogen-bond acceptors (Lipinski definition) is 4. The molecule has 1 aliphatic rings. The highest BCUT2D eigenvalue weighted by Gasteiger charge is 2.47. The highest BCUT2D eigenvalue weighted by Crippen LogP contribution is 2.34. The second kappa shape index (κ2) is 6.23. The zero-order valence-corrected chi connectivity index (χ0v) is 14.1. The molecule has 2 rings (SSSR count). The molecule has 1 aliphatic heterocycles. The van der Waals surface area contributed by atoms with Crippen LogP contribution in [0.4, 0.5) is 0 Å². The molecule has 0 saturated carbocycles. The van der Waals surface area contributed by atoms with Crippen molar-refractivity contribution in [1.82, 2.24) is 0 Å². The van der Waals surface area contributed by atoms with Crippen molar-refractivity contribution in [3.8, 4) is 11.8 Å². The largest absolute Gasteiger partial charge is 0.500 e. The van der Waals surface area contributed by atoms with E-state index in [4.69, 9.17) is 9.39 Å². The van der Waals surface area contributed by atoms with Gasteiger partial charge in [0.05, 0.1) is 11.1 Å². The molecular weight excluding hydrogens is 291 g/mol. The van der Waals surface area contributed by atoms with Gasteiger partial charge in [-0.3, -0.25) is 0 Å². The number of carbonyl (C=O) groups excluding carboxylic acids is 1. The van der Waals surface area contributed by atoms with Gasteiger partial charge in [0.25, 0.3) is 0 Å². The summed E-state index contributed by atoms with van der Waals surface area (Å²) >= 11 is 0. The lowest BCUT2D eigenvalue weighted by molar-refractivity contribution is -0.149. The topological polar surface area (TPSA) is 55.8 Å². The van der Waals surface area contributed by atoms with E-state index in [2.05, 4.69) is 11.8 Å². The van der Waals surface area contributed by atoms with Crippen molar-refractivity contribution < 1.29 is 19.2 Å². The van der Waals surface area contributed by atoms with Crippen molar-refractivity contribution in [2.75, 3.05) is 0 Å². The molecule has 1 heterocycles. The first-order valence-electron chi connectivity index (χ1n) is 7.51. The molecule has 0 saturated heterocycles. The van der Waals surface area contributed by atoms with E-state index in [0.29, 0.717) is 5.57 Å². The Morgan fingerprint density at radius 2 is 1.83 bits per heavy atom. The van der Waals surface area contributed by atoms with Crippen LogP contribution in [0.1, 0.15) is 40.2 Å². The lowest BCUT2D eigenvalue weighted by atomic mass is 9.77. The second-order valence-corrected chi connectivity index (χ2v) is 6.89. The standard InChI is InChI=1S/C18H21BO4/c1-17(2,3)22-16(20)15-14(18(4,5)23-19(15)21)12-11-13-9-7-6-8-10-13/h6-10,21H,1-5H3. The fraction of sp³-hybridized carbons (Fsp3) is 0.389. The normalized spacial score (nSPS) is 16.9. The summed E-state index contributed by atoms with van der Waals surface area (Å²) in [6.07, 6.45) is 0. The van der Waals surface area contributed by atoms with Gasteiger partial charge in [0, 0.05) is 11.1 Å². The predicted octanol–water partition coefficient (Wildman–Crippen LogP) is 2.50. The zero-order valence-electron chi connectivity index (χ0n) is 14.1. The molecule has 5 heteroatoms. The first-order chi connectivity index (χ1) is 10.6. The van der Waals surface area contributed by atoms with E-state index in [0.717, 1.165) is 5.56 Å². The van der Waals surface area contributed by atoms with E-state index >= 15 is 0 Å². The van der Waals surface area contributed by atoms with Crippen LogP contribution in [-0.2, 0) is 14.2 Å². The van der Waals surface area contributed by atoms with Crippen molar-refractivity contribution in [3.63, 3.8) is 0 Å². The van der Waals surface area contributed by atoms with E-state index < -0.39 is 24.3 Å². The van der Waals surface area contributed by atoms with E-state index in [-0.39, 0.29) is 5.47 Å². The van der Waals surface area contributed by atoms with Crippen LogP contribution in [0.15, 0.2) is 41.4 Å². The molecule has 0 aromatic heterocycles. The van der Waals surface area contributed by atoms with Crippen LogP contribution in [-0.4, -0.2) is 29.3 Å². The van der Waals surface area contributed by atoms with Crippen LogP contribution in [0.25, 0.3) is 0 Å². The maximum atomic E-state index is 12.4. The Kier molecular flexibility index (Phi) is 4.69. The quantitative estimate of drug-likeness (QED) is 0.492. The van der Waals surface area contributed by atoms with E-state index in [1.807, 2.05) is 30.3 Å². The van der Waals surface area contributed by atoms with Gasteiger partial charge in [-0.2, -0.15) is 0 Å². The minimum atomic E-state index is -1.33. The molecule has 0 radical (unpaired) electrons. The summed E-state index contributed by atoms with van der Waals surface area (Å²) < 4.78 is 10.8. The molecule has 0 bridgehead atoms. The average Bonchev–Trinajstić information content (AvgIpc) is 2.64. The van der Waals surface area contributed by atoms with Crippen molar-refractivity contribution in [1.29, 1.82) is 0 Å². The van der Waals surface area contributed by atoms with Gasteiger partial charge in [0.1, 0.15) is 5.60 Å². The summed E-state index contributed by atoms with van der Waals surface area (Å²) in [6.45, 7) is 8.85. The Hall–Kier alpha value is -2.03. The van der Waals surface area contributed by atoms with Crippen molar-refractivity contribution in [3.05, 3.63) is 46.9 Å². The lowest BCUT2D eigenvalue weighted by Gasteiger charge is -2.20. The molecule has 0 unspecified atom stereocenters. The molecule has 0 fully saturated rings. The average molecular weight is 312 g/mol. The second-order valence-electron chi connectivity index (χ2n) is 6.89. The van der Waals surface area contributed by atoms with Gasteiger partial charge in [-0.1, -0.05) is 30.0 Å². The smallest absolute Gasteiger partial charge is 0.457 e. The highest BCUT2D eigenvalue weighted by atomic mass is 16.6. The van der Waals surface area contributed by atoms with Gasteiger partial charge in [-0.05, 0) is 46.8 Å². The SMILES string of the molecule is CC(C)(C)OC(=O)C1=C(C#Cc2ccccc2)C(C)(C)OB1O. The van der Waals surface area contributed by atoms with Crippen LogP contribution in [0, 0.1) is 11.8 Å². The Morgan fingerprint density at radius 3 is 2.39 bits per heavy atom. The summed E-state index contributed by atoms with van der Waals surface area (Å²) in [5, 5.41) is 10.1.